The van der Waals surface area contributed by atoms with Gasteiger partial charge in [-0.1, -0.05) is 117 Å². The van der Waals surface area contributed by atoms with Crippen molar-refractivity contribution in [3.63, 3.8) is 0 Å². The van der Waals surface area contributed by atoms with Crippen molar-refractivity contribution in [3.8, 4) is 23.7 Å². The first-order valence-electron chi connectivity index (χ1n) is 15.3. The van der Waals surface area contributed by atoms with Crippen LogP contribution >= 0.6 is 0 Å². The molecule has 0 aromatic carbocycles. The first kappa shape index (κ1) is 33.2. The molecular formula is C40H54. The van der Waals surface area contributed by atoms with Crippen LogP contribution < -0.4 is 0 Å². The molecule has 1 unspecified atom stereocenters. The second-order valence-corrected chi connectivity index (χ2v) is 13.2. The van der Waals surface area contributed by atoms with E-state index in [1.165, 1.54) is 66.4 Å². The third-order valence-corrected chi connectivity index (χ3v) is 8.28. The van der Waals surface area contributed by atoms with E-state index in [4.69, 9.17) is 0 Å². The van der Waals surface area contributed by atoms with Gasteiger partial charge >= 0.3 is 0 Å². The average Bonchev–Trinajstić information content (AvgIpc) is 2.85. The topological polar surface area (TPSA) is 0 Å². The Morgan fingerprint density at radius 2 is 1.40 bits per heavy atom. The zero-order chi connectivity index (χ0) is 29.8. The Kier molecular flexibility index (Phi) is 13.1. The average molecular weight is 535 g/mol. The van der Waals surface area contributed by atoms with Gasteiger partial charge < -0.3 is 0 Å². The van der Waals surface area contributed by atoms with Crippen molar-refractivity contribution in [2.24, 2.45) is 16.7 Å². The molecule has 2 aliphatic carbocycles. The van der Waals surface area contributed by atoms with Crippen molar-refractivity contribution in [1.82, 2.24) is 0 Å². The van der Waals surface area contributed by atoms with E-state index in [2.05, 4.69) is 142 Å². The predicted molar refractivity (Wildman–Crippen MR) is 179 cm³/mol. The molecule has 0 nitrogen and oxygen atoms in total. The first-order chi connectivity index (χ1) is 18.8. The van der Waals surface area contributed by atoms with Gasteiger partial charge in [-0.25, -0.2) is 0 Å². The molecule has 0 N–H and O–H groups in total. The van der Waals surface area contributed by atoms with Crippen molar-refractivity contribution in [3.05, 3.63) is 93.7 Å². The molecule has 0 heterocycles. The van der Waals surface area contributed by atoms with E-state index in [1.807, 2.05) is 6.08 Å². The summed E-state index contributed by atoms with van der Waals surface area (Å²) in [6, 6.07) is 0. The lowest BCUT2D eigenvalue weighted by Gasteiger charge is -2.32. The van der Waals surface area contributed by atoms with E-state index >= 15 is 0 Å². The van der Waals surface area contributed by atoms with Gasteiger partial charge in [-0.15, -0.1) is 0 Å². The summed E-state index contributed by atoms with van der Waals surface area (Å²) < 4.78 is 0. The van der Waals surface area contributed by atoms with E-state index in [1.54, 1.807) is 5.57 Å². The Morgan fingerprint density at radius 3 is 1.95 bits per heavy atom. The lowest BCUT2D eigenvalue weighted by molar-refractivity contribution is 0.376. The predicted octanol–water partition coefficient (Wildman–Crippen LogP) is 11.6. The highest BCUT2D eigenvalue weighted by molar-refractivity contribution is 5.40. The summed E-state index contributed by atoms with van der Waals surface area (Å²) in [5.74, 6) is 13.3. The van der Waals surface area contributed by atoms with Crippen molar-refractivity contribution < 1.29 is 0 Å². The van der Waals surface area contributed by atoms with Gasteiger partial charge in [0.1, 0.15) is 0 Å². The molecule has 0 fully saturated rings. The van der Waals surface area contributed by atoms with Crippen LogP contribution in [-0.2, 0) is 0 Å². The monoisotopic (exact) mass is 534 g/mol. The molecule has 0 aliphatic heterocycles. The molecule has 0 amide bonds. The smallest absolute Gasteiger partial charge is 0.0357 e. The third-order valence-electron chi connectivity index (χ3n) is 8.28. The van der Waals surface area contributed by atoms with Crippen LogP contribution in [0.1, 0.15) is 114 Å². The van der Waals surface area contributed by atoms with Crippen LogP contribution in [-0.4, -0.2) is 0 Å². The van der Waals surface area contributed by atoms with Crippen molar-refractivity contribution in [2.45, 2.75) is 114 Å². The van der Waals surface area contributed by atoms with Crippen molar-refractivity contribution >= 4 is 0 Å². The zero-order valence-corrected chi connectivity index (χ0v) is 27.2. The maximum absolute atomic E-state index is 3.33. The van der Waals surface area contributed by atoms with Gasteiger partial charge in [-0.2, -0.15) is 0 Å². The van der Waals surface area contributed by atoms with Crippen molar-refractivity contribution in [1.29, 1.82) is 0 Å². The van der Waals surface area contributed by atoms with Crippen LogP contribution in [0.15, 0.2) is 93.7 Å². The lowest BCUT2D eigenvalue weighted by Crippen LogP contribution is -2.19. The van der Waals surface area contributed by atoms with Crippen LogP contribution in [0.3, 0.4) is 0 Å². The van der Waals surface area contributed by atoms with E-state index < -0.39 is 0 Å². The molecule has 2 rings (SSSR count). The Labute approximate surface area is 247 Å². The molecule has 2 aliphatic rings. The van der Waals surface area contributed by atoms with Crippen LogP contribution in [0.5, 0.6) is 0 Å². The fraction of sp³-hybridized carbons (Fsp3) is 0.500. The summed E-state index contributed by atoms with van der Waals surface area (Å²) in [5.41, 5.74) is 10.2. The zero-order valence-electron chi connectivity index (χ0n) is 27.2. The summed E-state index contributed by atoms with van der Waals surface area (Å²) in [7, 11) is 0. The van der Waals surface area contributed by atoms with E-state index in [9.17, 15) is 0 Å². The van der Waals surface area contributed by atoms with Crippen molar-refractivity contribution in [2.75, 3.05) is 0 Å². The van der Waals surface area contributed by atoms with Gasteiger partial charge in [-0.3, -0.25) is 0 Å². The molecule has 0 aromatic heterocycles. The van der Waals surface area contributed by atoms with Gasteiger partial charge in [0.25, 0.3) is 0 Å². The first-order valence-corrected chi connectivity index (χ1v) is 15.3. The Hall–Kier alpha value is -2.96. The van der Waals surface area contributed by atoms with Crippen LogP contribution in [0.25, 0.3) is 0 Å². The second-order valence-electron chi connectivity index (χ2n) is 13.2. The number of hydrogen-bond acceptors (Lipinski definition) is 0. The Morgan fingerprint density at radius 1 is 0.850 bits per heavy atom. The quantitative estimate of drug-likeness (QED) is 0.225. The fourth-order valence-corrected chi connectivity index (χ4v) is 5.71. The number of rotatable bonds is 7. The SMILES string of the molecule is CC1=C(/C=C/C(C)=C\C#C/C(C)=C/CC#CC(C)/C=C/C=C(C)/C=C/C2=C(C)CCCC2(C)C)C(C)(C)CCC1. The van der Waals surface area contributed by atoms with Gasteiger partial charge in [0, 0.05) is 12.3 Å². The molecule has 40 heavy (non-hydrogen) atoms. The summed E-state index contributed by atoms with van der Waals surface area (Å²) in [4.78, 5) is 0. The van der Waals surface area contributed by atoms with E-state index in [-0.39, 0.29) is 16.7 Å². The molecule has 1 atom stereocenters. The minimum Gasteiger partial charge on any atom is -0.0985 e. The van der Waals surface area contributed by atoms with E-state index in [0.717, 1.165) is 12.0 Å². The third kappa shape index (κ3) is 11.3. The Balaban J connectivity index is 1.86. The second kappa shape index (κ2) is 15.7. The van der Waals surface area contributed by atoms with Gasteiger partial charge in [0.15, 0.2) is 0 Å². The maximum Gasteiger partial charge on any atom is 0.0357 e. The molecule has 0 aromatic rings. The minimum absolute atomic E-state index is 0.223. The highest BCUT2D eigenvalue weighted by Crippen LogP contribution is 2.41. The molecule has 0 heteroatoms. The maximum atomic E-state index is 3.33. The molecule has 0 saturated carbocycles. The number of allylic oxidation sites excluding steroid dienone is 16. The molecule has 214 valence electrons. The molecule has 0 spiro atoms. The van der Waals surface area contributed by atoms with Gasteiger partial charge in [-0.05, 0) is 119 Å². The largest absolute Gasteiger partial charge is 0.0985 e. The Bertz CT molecular complexity index is 1260. The van der Waals surface area contributed by atoms with Crippen LogP contribution in [0.4, 0.5) is 0 Å². The summed E-state index contributed by atoms with van der Waals surface area (Å²) in [6.07, 6.45) is 28.0. The normalized spacial score (nSPS) is 21.1. The summed E-state index contributed by atoms with van der Waals surface area (Å²) >= 11 is 0. The summed E-state index contributed by atoms with van der Waals surface area (Å²) in [5, 5.41) is 0. The van der Waals surface area contributed by atoms with Crippen LogP contribution in [0, 0.1) is 40.4 Å². The highest BCUT2D eigenvalue weighted by atomic mass is 14.3. The standard InChI is InChI=1S/C40H54/c1-31(19-13-21-33(3)25-27-37-35(5)23-15-29-39(37,7)8)17-11-12-18-32(2)20-14-22-34(4)26-28-38-36(6)24-16-30-40(38,9)10/h14,17,20-22,25-28,32H,11,15-16,23-24,29-30H2,1-10H3/b20-14+,27-25+,28-26+,31-17+,33-21-,34-22+. The molecule has 0 saturated heterocycles. The molecular weight excluding hydrogens is 480 g/mol. The minimum atomic E-state index is 0.223. The van der Waals surface area contributed by atoms with E-state index in [0.29, 0.717) is 0 Å². The number of hydrogen-bond donors (Lipinski definition) is 0. The van der Waals surface area contributed by atoms with Gasteiger partial charge in [0.2, 0.25) is 0 Å². The van der Waals surface area contributed by atoms with Crippen LogP contribution in [0.2, 0.25) is 0 Å². The summed E-state index contributed by atoms with van der Waals surface area (Å²) in [6.45, 7) is 22.5. The lowest BCUT2D eigenvalue weighted by atomic mass is 9.72. The molecule has 0 radical (unpaired) electrons. The highest BCUT2D eigenvalue weighted by Gasteiger charge is 2.27. The molecule has 0 bridgehead atoms. The van der Waals surface area contributed by atoms with Gasteiger partial charge in [0.05, 0.1) is 0 Å². The fourth-order valence-electron chi connectivity index (χ4n) is 5.71.